The molecule has 1 fully saturated rings. The Balaban J connectivity index is 1.80. The van der Waals surface area contributed by atoms with Crippen molar-refractivity contribution >= 4 is 6.09 Å². The largest absolute Gasteiger partial charge is 0.444 e. The number of hydrogen-bond donors (Lipinski definition) is 0. The summed E-state index contributed by atoms with van der Waals surface area (Å²) in [4.78, 5) is 18.0. The highest BCUT2D eigenvalue weighted by atomic mass is 16.6. The van der Waals surface area contributed by atoms with Crippen LogP contribution in [0.25, 0.3) is 0 Å². The third kappa shape index (κ3) is 4.92. The van der Waals surface area contributed by atoms with Gasteiger partial charge in [-0.2, -0.15) is 4.98 Å². The second kappa shape index (κ2) is 7.29. The SMILES string of the molecule is CCCC(OC)c1noc(CC2CN(C(=O)OC(C)(C)C)C2)n1. The number of aromatic nitrogens is 2. The molecule has 130 valence electrons. The molecule has 0 aromatic carbocycles. The van der Waals surface area contributed by atoms with Gasteiger partial charge in [-0.1, -0.05) is 18.5 Å². The number of methoxy groups -OCH3 is 1. The van der Waals surface area contributed by atoms with Crippen LogP contribution >= 0.6 is 0 Å². The van der Waals surface area contributed by atoms with E-state index in [0.29, 0.717) is 37.1 Å². The van der Waals surface area contributed by atoms with Gasteiger partial charge >= 0.3 is 6.09 Å². The molecule has 0 bridgehead atoms. The minimum Gasteiger partial charge on any atom is -0.444 e. The molecule has 0 spiro atoms. The normalized spacial score (nSPS) is 17.0. The van der Waals surface area contributed by atoms with Crippen LogP contribution in [0.2, 0.25) is 0 Å². The van der Waals surface area contributed by atoms with Crippen LogP contribution in [0.5, 0.6) is 0 Å². The maximum absolute atomic E-state index is 11.9. The Morgan fingerprint density at radius 1 is 1.43 bits per heavy atom. The van der Waals surface area contributed by atoms with Crippen molar-refractivity contribution in [2.24, 2.45) is 5.92 Å². The van der Waals surface area contributed by atoms with E-state index in [0.717, 1.165) is 12.8 Å². The second-order valence-corrected chi connectivity index (χ2v) is 7.01. The number of nitrogens with zero attached hydrogens (tertiary/aromatic N) is 3. The molecule has 1 amide bonds. The van der Waals surface area contributed by atoms with Gasteiger partial charge in [-0.25, -0.2) is 4.79 Å². The fourth-order valence-electron chi connectivity index (χ4n) is 2.52. The molecule has 1 aromatic heterocycles. The molecule has 7 nitrogen and oxygen atoms in total. The Morgan fingerprint density at radius 2 is 2.13 bits per heavy atom. The highest BCUT2D eigenvalue weighted by Crippen LogP contribution is 2.24. The van der Waals surface area contributed by atoms with Gasteiger partial charge in [-0.05, 0) is 27.2 Å². The lowest BCUT2D eigenvalue weighted by Gasteiger charge is -2.39. The van der Waals surface area contributed by atoms with E-state index in [4.69, 9.17) is 14.0 Å². The lowest BCUT2D eigenvalue weighted by Crippen LogP contribution is -2.52. The first kappa shape index (κ1) is 17.7. The summed E-state index contributed by atoms with van der Waals surface area (Å²) in [6, 6.07) is 0. The van der Waals surface area contributed by atoms with E-state index < -0.39 is 5.60 Å². The summed E-state index contributed by atoms with van der Waals surface area (Å²) in [5.41, 5.74) is -0.460. The molecule has 0 N–H and O–H groups in total. The first-order valence-electron chi connectivity index (χ1n) is 8.15. The van der Waals surface area contributed by atoms with E-state index in [1.54, 1.807) is 12.0 Å². The Morgan fingerprint density at radius 3 is 2.70 bits per heavy atom. The zero-order chi connectivity index (χ0) is 17.0. The van der Waals surface area contributed by atoms with Gasteiger partial charge in [0.05, 0.1) is 0 Å². The summed E-state index contributed by atoms with van der Waals surface area (Å²) in [6.07, 6.45) is 2.16. The van der Waals surface area contributed by atoms with Crippen molar-refractivity contribution < 1.29 is 18.8 Å². The van der Waals surface area contributed by atoms with Crippen molar-refractivity contribution in [3.8, 4) is 0 Å². The Kier molecular flexibility index (Phi) is 5.62. The topological polar surface area (TPSA) is 77.7 Å². The van der Waals surface area contributed by atoms with Crippen LogP contribution in [0.4, 0.5) is 4.79 Å². The van der Waals surface area contributed by atoms with Gasteiger partial charge in [0.25, 0.3) is 0 Å². The van der Waals surface area contributed by atoms with Crippen molar-refractivity contribution in [2.45, 2.75) is 58.7 Å². The molecule has 1 aliphatic rings. The molecule has 1 aromatic rings. The predicted octanol–water partition coefficient (Wildman–Crippen LogP) is 2.97. The summed E-state index contributed by atoms with van der Waals surface area (Å²) in [5.74, 6) is 1.54. The lowest BCUT2D eigenvalue weighted by molar-refractivity contribution is -0.00187. The standard InChI is InChI=1S/C16H27N3O4/c1-6-7-12(21-5)14-17-13(23-18-14)8-11-9-19(10-11)15(20)22-16(2,3)4/h11-12H,6-10H2,1-5H3. The quantitative estimate of drug-likeness (QED) is 0.800. The van der Waals surface area contributed by atoms with E-state index in [-0.39, 0.29) is 12.2 Å². The molecular weight excluding hydrogens is 298 g/mol. The summed E-state index contributed by atoms with van der Waals surface area (Å²) in [5, 5.41) is 4.00. The molecule has 0 radical (unpaired) electrons. The van der Waals surface area contributed by atoms with Crippen molar-refractivity contribution in [1.29, 1.82) is 0 Å². The van der Waals surface area contributed by atoms with Gasteiger partial charge < -0.3 is 18.9 Å². The first-order chi connectivity index (χ1) is 10.8. The van der Waals surface area contributed by atoms with Crippen molar-refractivity contribution in [3.63, 3.8) is 0 Å². The van der Waals surface area contributed by atoms with E-state index in [2.05, 4.69) is 17.1 Å². The van der Waals surface area contributed by atoms with Crippen LogP contribution in [0, 0.1) is 5.92 Å². The number of carbonyl (C=O) groups excluding carboxylic acids is 1. The maximum atomic E-state index is 11.9. The van der Waals surface area contributed by atoms with Gasteiger partial charge in [0.1, 0.15) is 11.7 Å². The van der Waals surface area contributed by atoms with Crippen LogP contribution in [-0.2, 0) is 15.9 Å². The molecule has 2 heterocycles. The van der Waals surface area contributed by atoms with E-state index in [1.165, 1.54) is 0 Å². The Hall–Kier alpha value is -1.63. The molecule has 23 heavy (non-hydrogen) atoms. The van der Waals surface area contributed by atoms with Gasteiger partial charge in [0.15, 0.2) is 0 Å². The van der Waals surface area contributed by atoms with Gasteiger partial charge in [-0.3, -0.25) is 0 Å². The van der Waals surface area contributed by atoms with Crippen molar-refractivity contribution in [2.75, 3.05) is 20.2 Å². The predicted molar refractivity (Wildman–Crippen MR) is 84.0 cm³/mol. The summed E-state index contributed by atoms with van der Waals surface area (Å²) >= 11 is 0. The van der Waals surface area contributed by atoms with Gasteiger partial charge in [0.2, 0.25) is 11.7 Å². The lowest BCUT2D eigenvalue weighted by atomic mass is 9.97. The fraction of sp³-hybridized carbons (Fsp3) is 0.812. The number of carbonyl (C=O) groups is 1. The number of hydrogen-bond acceptors (Lipinski definition) is 6. The molecule has 0 saturated carbocycles. The molecule has 1 saturated heterocycles. The fourth-order valence-corrected chi connectivity index (χ4v) is 2.52. The van der Waals surface area contributed by atoms with Gasteiger partial charge in [0, 0.05) is 32.5 Å². The minimum atomic E-state index is -0.460. The van der Waals surface area contributed by atoms with Crippen LogP contribution in [0.3, 0.4) is 0 Å². The molecule has 1 atom stereocenters. The summed E-state index contributed by atoms with van der Waals surface area (Å²) < 4.78 is 16.0. The number of amides is 1. The number of ether oxygens (including phenoxy) is 2. The highest BCUT2D eigenvalue weighted by Gasteiger charge is 2.34. The van der Waals surface area contributed by atoms with Crippen LogP contribution in [0.1, 0.15) is 58.4 Å². The Bertz CT molecular complexity index is 518. The van der Waals surface area contributed by atoms with Crippen LogP contribution in [0.15, 0.2) is 4.52 Å². The molecular formula is C16H27N3O4. The Labute approximate surface area is 137 Å². The van der Waals surface area contributed by atoms with Crippen LogP contribution < -0.4 is 0 Å². The first-order valence-corrected chi connectivity index (χ1v) is 8.15. The molecule has 1 aliphatic heterocycles. The second-order valence-electron chi connectivity index (χ2n) is 7.01. The minimum absolute atomic E-state index is 0.114. The monoisotopic (exact) mass is 325 g/mol. The average Bonchev–Trinajstić information content (AvgIpc) is 2.85. The summed E-state index contributed by atoms with van der Waals surface area (Å²) in [6.45, 7) is 9.01. The van der Waals surface area contributed by atoms with Gasteiger partial charge in [-0.15, -0.1) is 0 Å². The molecule has 2 rings (SSSR count). The smallest absolute Gasteiger partial charge is 0.410 e. The van der Waals surface area contributed by atoms with Crippen molar-refractivity contribution in [1.82, 2.24) is 15.0 Å². The van der Waals surface area contributed by atoms with E-state index >= 15 is 0 Å². The van der Waals surface area contributed by atoms with E-state index in [9.17, 15) is 4.79 Å². The van der Waals surface area contributed by atoms with Crippen molar-refractivity contribution in [3.05, 3.63) is 11.7 Å². The maximum Gasteiger partial charge on any atom is 0.410 e. The highest BCUT2D eigenvalue weighted by molar-refractivity contribution is 5.69. The number of likely N-dealkylation sites (tertiary alicyclic amines) is 1. The average molecular weight is 325 g/mol. The molecule has 0 aliphatic carbocycles. The van der Waals surface area contributed by atoms with E-state index in [1.807, 2.05) is 20.8 Å². The molecule has 7 heteroatoms. The molecule has 1 unspecified atom stereocenters. The zero-order valence-electron chi connectivity index (χ0n) is 14.7. The van der Waals surface area contributed by atoms with Crippen LogP contribution in [-0.4, -0.2) is 46.9 Å². The summed E-state index contributed by atoms with van der Waals surface area (Å²) in [7, 11) is 1.65. The zero-order valence-corrected chi connectivity index (χ0v) is 14.7. The number of rotatable bonds is 6. The third-order valence-corrected chi connectivity index (χ3v) is 3.68. The third-order valence-electron chi connectivity index (χ3n) is 3.68.